The van der Waals surface area contributed by atoms with Crippen LogP contribution in [0.1, 0.15) is 43.9 Å². The van der Waals surface area contributed by atoms with Crippen LogP contribution in [-0.2, 0) is 6.54 Å². The number of aromatic nitrogens is 2. The normalized spacial score (nSPS) is 14.2. The first-order valence-electron chi connectivity index (χ1n) is 8.10. The Bertz CT molecular complexity index is 634. The Hall–Kier alpha value is -1.65. The monoisotopic (exact) mass is 332 g/mol. The number of nitrogens with two attached hydrogens (primary N) is 1. The number of nitrogens with zero attached hydrogens (tertiary/aromatic N) is 3. The zero-order chi connectivity index (χ0) is 15.5. The molecule has 4 nitrogen and oxygen atoms in total. The predicted molar refractivity (Wildman–Crippen MR) is 98.1 cm³/mol. The van der Waals surface area contributed by atoms with Crippen molar-refractivity contribution in [1.82, 2.24) is 9.97 Å². The fourth-order valence-electron chi connectivity index (χ4n) is 2.83. The highest BCUT2D eigenvalue weighted by molar-refractivity contribution is 5.85. The minimum absolute atomic E-state index is 0. The molecule has 0 aliphatic carbocycles. The van der Waals surface area contributed by atoms with Crippen LogP contribution < -0.4 is 10.6 Å². The first-order valence-corrected chi connectivity index (χ1v) is 8.10. The van der Waals surface area contributed by atoms with Gasteiger partial charge in [0.15, 0.2) is 0 Å². The van der Waals surface area contributed by atoms with E-state index in [0.717, 1.165) is 36.0 Å². The van der Waals surface area contributed by atoms with Crippen molar-refractivity contribution in [3.8, 4) is 11.3 Å². The van der Waals surface area contributed by atoms with E-state index in [1.54, 1.807) is 0 Å². The standard InChI is InChI=1S/C18H24N4.ClH/c1-13(2)14-5-7-15(8-6-14)17-11-16(12-19)20-18(21-17)22-9-3-4-10-22;/h5-8,11,13H,3-4,9-10,12,19H2,1-2H3;1H. The van der Waals surface area contributed by atoms with Crippen LogP contribution >= 0.6 is 12.4 Å². The number of halogens is 1. The van der Waals surface area contributed by atoms with Gasteiger partial charge >= 0.3 is 0 Å². The lowest BCUT2D eigenvalue weighted by Crippen LogP contribution is -2.21. The molecule has 5 heteroatoms. The molecule has 0 radical (unpaired) electrons. The first-order chi connectivity index (χ1) is 10.7. The molecular weight excluding hydrogens is 308 g/mol. The molecule has 0 spiro atoms. The van der Waals surface area contributed by atoms with Crippen molar-refractivity contribution in [1.29, 1.82) is 0 Å². The van der Waals surface area contributed by atoms with Crippen molar-refractivity contribution in [2.45, 2.75) is 39.2 Å². The highest BCUT2D eigenvalue weighted by atomic mass is 35.5. The largest absolute Gasteiger partial charge is 0.341 e. The molecule has 0 atom stereocenters. The zero-order valence-electron chi connectivity index (χ0n) is 13.8. The summed E-state index contributed by atoms with van der Waals surface area (Å²) in [7, 11) is 0. The quantitative estimate of drug-likeness (QED) is 0.926. The first kappa shape index (κ1) is 17.7. The molecule has 1 aliphatic heterocycles. The van der Waals surface area contributed by atoms with E-state index in [1.807, 2.05) is 6.07 Å². The lowest BCUT2D eigenvalue weighted by atomic mass is 10.0. The van der Waals surface area contributed by atoms with Crippen LogP contribution in [0.4, 0.5) is 5.95 Å². The van der Waals surface area contributed by atoms with E-state index in [9.17, 15) is 0 Å². The summed E-state index contributed by atoms with van der Waals surface area (Å²) in [6.45, 7) is 6.94. The highest BCUT2D eigenvalue weighted by Crippen LogP contribution is 2.24. The van der Waals surface area contributed by atoms with Crippen LogP contribution in [0.5, 0.6) is 0 Å². The average molecular weight is 333 g/mol. The number of rotatable bonds is 4. The fraction of sp³-hybridized carbons (Fsp3) is 0.444. The zero-order valence-corrected chi connectivity index (χ0v) is 14.6. The van der Waals surface area contributed by atoms with Crippen LogP contribution in [0.3, 0.4) is 0 Å². The second-order valence-corrected chi connectivity index (χ2v) is 6.22. The Labute approximate surface area is 144 Å². The van der Waals surface area contributed by atoms with E-state index in [0.29, 0.717) is 12.5 Å². The number of benzene rings is 1. The van der Waals surface area contributed by atoms with Crippen molar-refractivity contribution >= 4 is 18.4 Å². The summed E-state index contributed by atoms with van der Waals surface area (Å²) < 4.78 is 0. The number of hydrogen-bond acceptors (Lipinski definition) is 4. The van der Waals surface area contributed by atoms with Gasteiger partial charge in [0.2, 0.25) is 5.95 Å². The van der Waals surface area contributed by atoms with Gasteiger partial charge in [0.05, 0.1) is 11.4 Å². The molecule has 0 bridgehead atoms. The maximum absolute atomic E-state index is 5.82. The predicted octanol–water partition coefficient (Wildman–Crippen LogP) is 3.75. The summed E-state index contributed by atoms with van der Waals surface area (Å²) >= 11 is 0. The fourth-order valence-corrected chi connectivity index (χ4v) is 2.83. The molecule has 0 unspecified atom stereocenters. The van der Waals surface area contributed by atoms with Gasteiger partial charge in [-0.15, -0.1) is 12.4 Å². The lowest BCUT2D eigenvalue weighted by molar-refractivity contribution is 0.865. The molecule has 1 aromatic heterocycles. The molecule has 0 saturated carbocycles. The average Bonchev–Trinajstić information content (AvgIpc) is 3.09. The number of hydrogen-bond donors (Lipinski definition) is 1. The van der Waals surface area contributed by atoms with Crippen molar-refractivity contribution in [2.24, 2.45) is 5.73 Å². The molecule has 2 N–H and O–H groups in total. The highest BCUT2D eigenvalue weighted by Gasteiger charge is 2.16. The van der Waals surface area contributed by atoms with Crippen LogP contribution in [0.2, 0.25) is 0 Å². The summed E-state index contributed by atoms with van der Waals surface area (Å²) in [5.41, 5.74) is 10.2. The molecule has 1 saturated heterocycles. The van der Waals surface area contributed by atoms with E-state index >= 15 is 0 Å². The molecule has 0 amide bonds. The summed E-state index contributed by atoms with van der Waals surface area (Å²) in [6.07, 6.45) is 2.43. The molecule has 23 heavy (non-hydrogen) atoms. The summed E-state index contributed by atoms with van der Waals surface area (Å²) in [5.74, 6) is 1.36. The van der Waals surface area contributed by atoms with Gasteiger partial charge in [-0.05, 0) is 30.4 Å². The second-order valence-electron chi connectivity index (χ2n) is 6.22. The topological polar surface area (TPSA) is 55.0 Å². The van der Waals surface area contributed by atoms with E-state index in [1.165, 1.54) is 18.4 Å². The second kappa shape index (κ2) is 7.75. The molecule has 1 aromatic carbocycles. The van der Waals surface area contributed by atoms with Crippen LogP contribution in [-0.4, -0.2) is 23.1 Å². The summed E-state index contributed by atoms with van der Waals surface area (Å²) in [5, 5.41) is 0. The van der Waals surface area contributed by atoms with Crippen LogP contribution in [0.15, 0.2) is 30.3 Å². The van der Waals surface area contributed by atoms with Gasteiger partial charge in [0, 0.05) is 25.2 Å². The van der Waals surface area contributed by atoms with Gasteiger partial charge in [-0.1, -0.05) is 38.1 Å². The van der Waals surface area contributed by atoms with E-state index in [2.05, 4.69) is 48.0 Å². The molecule has 2 aromatic rings. The maximum atomic E-state index is 5.82. The van der Waals surface area contributed by atoms with Gasteiger partial charge in [-0.25, -0.2) is 9.97 Å². The van der Waals surface area contributed by atoms with Gasteiger partial charge in [0.25, 0.3) is 0 Å². The molecule has 2 heterocycles. The van der Waals surface area contributed by atoms with Gasteiger partial charge in [-0.3, -0.25) is 0 Å². The Morgan fingerprint density at radius 2 is 1.74 bits per heavy atom. The lowest BCUT2D eigenvalue weighted by Gasteiger charge is -2.17. The summed E-state index contributed by atoms with van der Waals surface area (Å²) in [4.78, 5) is 11.6. The Morgan fingerprint density at radius 1 is 1.09 bits per heavy atom. The molecular formula is C18H25ClN4. The van der Waals surface area contributed by atoms with Crippen molar-refractivity contribution in [3.63, 3.8) is 0 Å². The van der Waals surface area contributed by atoms with Gasteiger partial charge in [-0.2, -0.15) is 0 Å². The smallest absolute Gasteiger partial charge is 0.226 e. The van der Waals surface area contributed by atoms with Crippen molar-refractivity contribution < 1.29 is 0 Å². The molecule has 3 rings (SSSR count). The Kier molecular flexibility index (Phi) is 5.97. The molecule has 1 aliphatic rings. The maximum Gasteiger partial charge on any atom is 0.226 e. The van der Waals surface area contributed by atoms with Gasteiger partial charge < -0.3 is 10.6 Å². The minimum atomic E-state index is 0. The van der Waals surface area contributed by atoms with E-state index < -0.39 is 0 Å². The Morgan fingerprint density at radius 3 is 2.30 bits per heavy atom. The summed E-state index contributed by atoms with van der Waals surface area (Å²) in [6, 6.07) is 10.7. The van der Waals surface area contributed by atoms with E-state index in [-0.39, 0.29) is 12.4 Å². The third-order valence-electron chi connectivity index (χ3n) is 4.24. The van der Waals surface area contributed by atoms with Crippen molar-refractivity contribution in [2.75, 3.05) is 18.0 Å². The van der Waals surface area contributed by atoms with Gasteiger partial charge in [0.1, 0.15) is 0 Å². The van der Waals surface area contributed by atoms with E-state index in [4.69, 9.17) is 10.7 Å². The van der Waals surface area contributed by atoms with Crippen molar-refractivity contribution in [3.05, 3.63) is 41.6 Å². The third-order valence-corrected chi connectivity index (χ3v) is 4.24. The van der Waals surface area contributed by atoms with Crippen LogP contribution in [0, 0.1) is 0 Å². The SMILES string of the molecule is CC(C)c1ccc(-c2cc(CN)nc(N3CCCC3)n2)cc1.Cl. The van der Waals surface area contributed by atoms with Crippen LogP contribution in [0.25, 0.3) is 11.3 Å². The molecule has 1 fully saturated rings. The number of anilines is 1. The minimum Gasteiger partial charge on any atom is -0.341 e. The third kappa shape index (κ3) is 4.01. The molecule has 124 valence electrons. The Balaban J connectivity index is 0.00000192.